The van der Waals surface area contributed by atoms with E-state index in [0.29, 0.717) is 29.2 Å². The van der Waals surface area contributed by atoms with Crippen LogP contribution in [0.2, 0.25) is 0 Å². The van der Waals surface area contributed by atoms with Crippen LogP contribution < -0.4 is 15.6 Å². The molecular weight excluding hydrogens is 374 g/mol. The molecule has 0 atom stereocenters. The van der Waals surface area contributed by atoms with E-state index in [4.69, 9.17) is 9.84 Å². The van der Waals surface area contributed by atoms with Crippen LogP contribution in [0.1, 0.15) is 37.8 Å². The van der Waals surface area contributed by atoms with Gasteiger partial charge >= 0.3 is 5.97 Å². The van der Waals surface area contributed by atoms with Crippen molar-refractivity contribution < 1.29 is 19.4 Å². The first-order valence-corrected chi connectivity index (χ1v) is 8.74. The summed E-state index contributed by atoms with van der Waals surface area (Å²) in [5.74, 6) is -0.652. The van der Waals surface area contributed by atoms with Crippen LogP contribution in [0.5, 0.6) is 5.75 Å². The predicted molar refractivity (Wildman–Crippen MR) is 107 cm³/mol. The molecule has 0 fully saturated rings. The zero-order valence-corrected chi connectivity index (χ0v) is 15.9. The first kappa shape index (κ1) is 19.8. The third-order valence-electron chi connectivity index (χ3n) is 4.29. The van der Waals surface area contributed by atoms with Crippen molar-refractivity contribution in [2.75, 3.05) is 12.4 Å². The van der Waals surface area contributed by atoms with Crippen molar-refractivity contribution in [2.45, 2.75) is 13.3 Å². The summed E-state index contributed by atoms with van der Waals surface area (Å²) in [7, 11) is 1.57. The molecule has 2 aromatic carbocycles. The average Bonchev–Trinajstić information content (AvgIpc) is 2.69. The Labute approximate surface area is 166 Å². The van der Waals surface area contributed by atoms with Gasteiger partial charge in [-0.05, 0) is 42.3 Å². The topological polar surface area (TPSA) is 121 Å². The maximum absolute atomic E-state index is 12.6. The monoisotopic (exact) mass is 393 g/mol. The minimum atomic E-state index is -1.10. The molecule has 3 rings (SSSR count). The summed E-state index contributed by atoms with van der Waals surface area (Å²) in [6.45, 7) is 1.74. The minimum Gasteiger partial charge on any atom is -0.497 e. The van der Waals surface area contributed by atoms with Crippen molar-refractivity contribution >= 4 is 17.6 Å². The molecule has 0 aliphatic carbocycles. The smallest absolute Gasteiger partial charge is 0.335 e. The van der Waals surface area contributed by atoms with E-state index in [1.807, 2.05) is 12.1 Å². The Bertz CT molecular complexity index is 1120. The lowest BCUT2D eigenvalue weighted by Gasteiger charge is -2.10. The summed E-state index contributed by atoms with van der Waals surface area (Å²) in [6.07, 6.45) is 0.327. The average molecular weight is 393 g/mol. The lowest BCUT2D eigenvalue weighted by atomic mass is 10.1. The molecular formula is C21H19N3O5. The molecule has 1 amide bonds. The van der Waals surface area contributed by atoms with Gasteiger partial charge < -0.3 is 20.1 Å². The second-order valence-corrected chi connectivity index (χ2v) is 6.39. The molecule has 0 aliphatic rings. The van der Waals surface area contributed by atoms with Crippen LogP contribution in [0.15, 0.2) is 53.3 Å². The highest BCUT2D eigenvalue weighted by Crippen LogP contribution is 2.18. The Hall–Kier alpha value is -3.94. The van der Waals surface area contributed by atoms with E-state index >= 15 is 0 Å². The second-order valence-electron chi connectivity index (χ2n) is 6.39. The molecule has 8 nitrogen and oxygen atoms in total. The molecule has 0 saturated heterocycles. The maximum Gasteiger partial charge on any atom is 0.335 e. The van der Waals surface area contributed by atoms with Crippen molar-refractivity contribution in [1.29, 1.82) is 0 Å². The molecule has 0 bridgehead atoms. The zero-order valence-electron chi connectivity index (χ0n) is 15.9. The van der Waals surface area contributed by atoms with Crippen LogP contribution in [0.25, 0.3) is 0 Å². The molecule has 0 aliphatic heterocycles. The van der Waals surface area contributed by atoms with Crippen molar-refractivity contribution in [1.82, 2.24) is 9.97 Å². The Morgan fingerprint density at radius 1 is 1.14 bits per heavy atom. The predicted octanol–water partition coefficient (Wildman–Crippen LogP) is 2.63. The van der Waals surface area contributed by atoms with Crippen LogP contribution in [-0.4, -0.2) is 34.1 Å². The van der Waals surface area contributed by atoms with E-state index in [1.54, 1.807) is 32.2 Å². The fraction of sp³-hybridized carbons (Fsp3) is 0.143. The SMILES string of the molecule is COc1ccc(Cc2nc(C(=O)Nc3cc(C(=O)O)ccc3C)cc(=O)[nH]2)cc1. The molecule has 0 saturated carbocycles. The quantitative estimate of drug-likeness (QED) is 0.592. The highest BCUT2D eigenvalue weighted by molar-refractivity contribution is 6.04. The number of nitrogens with one attached hydrogen (secondary N) is 2. The molecule has 8 heteroatoms. The number of ether oxygens (including phenoxy) is 1. The number of hydrogen-bond acceptors (Lipinski definition) is 5. The number of aryl methyl sites for hydroxylation is 1. The van der Waals surface area contributed by atoms with Crippen LogP contribution >= 0.6 is 0 Å². The number of H-pyrrole nitrogens is 1. The first-order valence-electron chi connectivity index (χ1n) is 8.74. The zero-order chi connectivity index (χ0) is 21.0. The highest BCUT2D eigenvalue weighted by Gasteiger charge is 2.14. The van der Waals surface area contributed by atoms with E-state index in [0.717, 1.165) is 11.6 Å². The number of anilines is 1. The molecule has 3 N–H and O–H groups in total. The highest BCUT2D eigenvalue weighted by atomic mass is 16.5. The number of nitrogens with zero attached hydrogens (tertiary/aromatic N) is 1. The van der Waals surface area contributed by atoms with Gasteiger partial charge in [-0.25, -0.2) is 9.78 Å². The number of benzene rings is 2. The summed E-state index contributed by atoms with van der Waals surface area (Å²) < 4.78 is 5.12. The van der Waals surface area contributed by atoms with Gasteiger partial charge in [-0.1, -0.05) is 18.2 Å². The third kappa shape index (κ3) is 4.86. The molecule has 148 valence electrons. The van der Waals surface area contributed by atoms with E-state index in [1.165, 1.54) is 12.1 Å². The van der Waals surface area contributed by atoms with Gasteiger partial charge in [0.05, 0.1) is 12.7 Å². The van der Waals surface area contributed by atoms with Crippen LogP contribution in [0.3, 0.4) is 0 Å². The molecule has 29 heavy (non-hydrogen) atoms. The number of aromatic amines is 1. The number of amides is 1. The van der Waals surface area contributed by atoms with Gasteiger partial charge in [0.1, 0.15) is 17.3 Å². The van der Waals surface area contributed by atoms with Crippen molar-refractivity contribution in [2.24, 2.45) is 0 Å². The van der Waals surface area contributed by atoms with Crippen molar-refractivity contribution in [3.63, 3.8) is 0 Å². The number of rotatable bonds is 6. The molecule has 0 spiro atoms. The van der Waals surface area contributed by atoms with Gasteiger partial charge in [0.2, 0.25) is 0 Å². The molecule has 3 aromatic rings. The number of aromatic carboxylic acids is 1. The number of carbonyl (C=O) groups is 2. The third-order valence-corrected chi connectivity index (χ3v) is 4.29. The lowest BCUT2D eigenvalue weighted by molar-refractivity contribution is 0.0696. The number of carbonyl (C=O) groups excluding carboxylic acids is 1. The fourth-order valence-electron chi connectivity index (χ4n) is 2.72. The Morgan fingerprint density at radius 3 is 2.52 bits per heavy atom. The van der Waals surface area contributed by atoms with Crippen LogP contribution in [0.4, 0.5) is 5.69 Å². The second kappa shape index (κ2) is 8.39. The summed E-state index contributed by atoms with van der Waals surface area (Å²) in [6, 6.07) is 12.8. The van der Waals surface area contributed by atoms with Gasteiger partial charge in [-0.15, -0.1) is 0 Å². The summed E-state index contributed by atoms with van der Waals surface area (Å²) in [5, 5.41) is 11.7. The van der Waals surface area contributed by atoms with E-state index in [-0.39, 0.29) is 11.3 Å². The maximum atomic E-state index is 12.6. The Morgan fingerprint density at radius 2 is 1.86 bits per heavy atom. The fourth-order valence-corrected chi connectivity index (χ4v) is 2.72. The number of aromatic nitrogens is 2. The largest absolute Gasteiger partial charge is 0.497 e. The standard InChI is InChI=1S/C21H19N3O5/c1-12-3-6-14(21(27)28)10-16(12)23-20(26)17-11-19(25)24-18(22-17)9-13-4-7-15(29-2)8-5-13/h3-8,10-11H,9H2,1-2H3,(H,23,26)(H,27,28)(H,22,24,25). The van der Waals surface area contributed by atoms with Gasteiger partial charge in [0.25, 0.3) is 11.5 Å². The van der Waals surface area contributed by atoms with Crippen LogP contribution in [-0.2, 0) is 6.42 Å². The summed E-state index contributed by atoms with van der Waals surface area (Å²) in [4.78, 5) is 42.6. The van der Waals surface area contributed by atoms with Gasteiger partial charge in [0, 0.05) is 18.2 Å². The van der Waals surface area contributed by atoms with E-state index < -0.39 is 17.4 Å². The minimum absolute atomic E-state index is 0.0463. The molecule has 1 aromatic heterocycles. The van der Waals surface area contributed by atoms with Gasteiger partial charge in [-0.3, -0.25) is 9.59 Å². The van der Waals surface area contributed by atoms with Gasteiger partial charge in [0.15, 0.2) is 0 Å². The van der Waals surface area contributed by atoms with E-state index in [9.17, 15) is 14.4 Å². The van der Waals surface area contributed by atoms with E-state index in [2.05, 4.69) is 15.3 Å². The number of carboxylic acid groups (broad SMARTS) is 1. The number of methoxy groups -OCH3 is 1. The summed E-state index contributed by atoms with van der Waals surface area (Å²) >= 11 is 0. The number of carboxylic acids is 1. The molecule has 0 unspecified atom stereocenters. The Kier molecular flexibility index (Phi) is 5.73. The van der Waals surface area contributed by atoms with Gasteiger partial charge in [-0.2, -0.15) is 0 Å². The van der Waals surface area contributed by atoms with Crippen molar-refractivity contribution in [3.05, 3.63) is 87.1 Å². The molecule has 0 radical (unpaired) electrons. The summed E-state index contributed by atoms with van der Waals surface area (Å²) in [5.41, 5.74) is 1.45. The Balaban J connectivity index is 1.83. The normalized spacial score (nSPS) is 10.4. The number of hydrogen-bond donors (Lipinski definition) is 3. The van der Waals surface area contributed by atoms with Crippen molar-refractivity contribution in [3.8, 4) is 5.75 Å². The lowest BCUT2D eigenvalue weighted by Crippen LogP contribution is -2.21. The first-order chi connectivity index (χ1) is 13.9. The molecule has 1 heterocycles. The van der Waals surface area contributed by atoms with Crippen LogP contribution in [0, 0.1) is 6.92 Å².